The zero-order chi connectivity index (χ0) is 17.8. The third kappa shape index (κ3) is 3.54. The molecule has 0 fully saturated rings. The summed E-state index contributed by atoms with van der Waals surface area (Å²) in [7, 11) is -2.22. The molecule has 2 heteroatoms. The Kier molecular flexibility index (Phi) is 5.10. The molecule has 0 saturated carbocycles. The summed E-state index contributed by atoms with van der Waals surface area (Å²) in [6.45, 7) is 7.03. The summed E-state index contributed by atoms with van der Waals surface area (Å²) < 4.78 is 0. The van der Waals surface area contributed by atoms with Gasteiger partial charge in [-0.25, -0.2) is 0 Å². The minimum Gasteiger partial charge on any atom is -0.283 e. The first-order valence-corrected chi connectivity index (χ1v) is 10.8. The summed E-state index contributed by atoms with van der Waals surface area (Å²) in [5.74, 6) is 0. The molecule has 0 bridgehead atoms. The molecular weight excluding hydrogens is 318 g/mol. The molecule has 0 aliphatic carbocycles. The molecule has 0 heterocycles. The van der Waals surface area contributed by atoms with Gasteiger partial charge in [0.05, 0.1) is 11.9 Å². The normalized spacial score (nSPS) is 12.0. The standard InChI is InChI=1S/C23H25NSi/c1-23(2,3)25(21-15-9-5-10-16-21,22-17-11-6-12-18-22)19-24-20-13-7-4-8-14-20/h4-19H,1-3H3. The highest BCUT2D eigenvalue weighted by atomic mass is 28.3. The number of hydrogen-bond acceptors (Lipinski definition) is 0. The van der Waals surface area contributed by atoms with E-state index < -0.39 is 8.07 Å². The zero-order valence-corrected chi connectivity index (χ0v) is 16.2. The van der Waals surface area contributed by atoms with Gasteiger partial charge in [0.1, 0.15) is 0 Å². The van der Waals surface area contributed by atoms with Crippen LogP contribution in [0.1, 0.15) is 20.8 Å². The van der Waals surface area contributed by atoms with Crippen LogP contribution in [0.4, 0.5) is 5.69 Å². The van der Waals surface area contributed by atoms with Crippen molar-refractivity contribution in [2.75, 3.05) is 0 Å². The summed E-state index contributed by atoms with van der Waals surface area (Å²) in [6.07, 6.45) is 2.27. The molecule has 0 saturated heterocycles. The van der Waals surface area contributed by atoms with Crippen LogP contribution in [-0.4, -0.2) is 8.07 Å². The van der Waals surface area contributed by atoms with Gasteiger partial charge in [0, 0.05) is 0 Å². The van der Waals surface area contributed by atoms with Crippen molar-refractivity contribution in [3.05, 3.63) is 97.2 Å². The van der Waals surface area contributed by atoms with Crippen LogP contribution in [0.3, 0.4) is 0 Å². The molecule has 2 radical (unpaired) electrons. The van der Waals surface area contributed by atoms with Crippen LogP contribution in [0.15, 0.2) is 91.0 Å². The first-order valence-electron chi connectivity index (χ1n) is 8.75. The Morgan fingerprint density at radius 3 is 1.44 bits per heavy atom. The average molecular weight is 344 g/mol. The van der Waals surface area contributed by atoms with Crippen molar-refractivity contribution in [1.82, 2.24) is 5.32 Å². The fraction of sp³-hybridized carbons (Fsp3) is 0.174. The molecule has 126 valence electrons. The monoisotopic (exact) mass is 343 g/mol. The highest BCUT2D eigenvalue weighted by Gasteiger charge is 2.48. The van der Waals surface area contributed by atoms with Crippen molar-refractivity contribution < 1.29 is 0 Å². The molecule has 0 unspecified atom stereocenters. The number of benzene rings is 3. The van der Waals surface area contributed by atoms with Crippen LogP contribution in [-0.2, 0) is 0 Å². The van der Waals surface area contributed by atoms with Crippen molar-refractivity contribution in [1.29, 1.82) is 0 Å². The number of hydrogen-bond donors (Lipinski definition) is 0. The number of rotatable bonds is 5. The van der Waals surface area contributed by atoms with E-state index in [2.05, 4.69) is 99.7 Å². The van der Waals surface area contributed by atoms with Crippen LogP contribution < -0.4 is 15.7 Å². The average Bonchev–Trinajstić information content (AvgIpc) is 2.64. The molecule has 3 rings (SSSR count). The lowest BCUT2D eigenvalue weighted by molar-refractivity contribution is 0.730. The quantitative estimate of drug-likeness (QED) is 0.597. The lowest BCUT2D eigenvalue weighted by atomic mass is 10.2. The van der Waals surface area contributed by atoms with E-state index in [1.54, 1.807) is 0 Å². The maximum atomic E-state index is 4.93. The minimum atomic E-state index is -2.22. The molecule has 25 heavy (non-hydrogen) atoms. The molecule has 0 aliphatic rings. The van der Waals surface area contributed by atoms with E-state index in [-0.39, 0.29) is 5.04 Å². The van der Waals surface area contributed by atoms with Crippen LogP contribution in [0, 0.1) is 6.17 Å². The van der Waals surface area contributed by atoms with Gasteiger partial charge in [-0.1, -0.05) is 110 Å². The molecule has 1 nitrogen and oxygen atoms in total. The van der Waals surface area contributed by atoms with E-state index in [0.717, 1.165) is 5.69 Å². The summed E-state index contributed by atoms with van der Waals surface area (Å²) in [5, 5.41) is 7.82. The van der Waals surface area contributed by atoms with Gasteiger partial charge in [-0.3, -0.25) is 5.32 Å². The molecule has 0 aliphatic heterocycles. The van der Waals surface area contributed by atoms with Crippen molar-refractivity contribution in [3.8, 4) is 0 Å². The fourth-order valence-electron chi connectivity index (χ4n) is 3.46. The Morgan fingerprint density at radius 2 is 1.04 bits per heavy atom. The third-order valence-electron chi connectivity index (χ3n) is 4.80. The smallest absolute Gasteiger partial charge is 0.151 e. The lowest BCUT2D eigenvalue weighted by Crippen LogP contribution is -2.66. The van der Waals surface area contributed by atoms with E-state index in [9.17, 15) is 0 Å². The third-order valence-corrected chi connectivity index (χ3v) is 10.2. The van der Waals surface area contributed by atoms with E-state index in [4.69, 9.17) is 5.32 Å². The molecule has 0 spiro atoms. The second-order valence-corrected chi connectivity index (χ2v) is 11.9. The van der Waals surface area contributed by atoms with E-state index in [1.807, 2.05) is 18.2 Å². The lowest BCUT2D eigenvalue weighted by Gasteiger charge is -2.43. The molecule has 0 amide bonds. The van der Waals surface area contributed by atoms with Crippen molar-refractivity contribution in [2.24, 2.45) is 0 Å². The highest BCUT2D eigenvalue weighted by molar-refractivity contribution is 7.06. The van der Waals surface area contributed by atoms with E-state index >= 15 is 0 Å². The summed E-state index contributed by atoms with van der Waals surface area (Å²) in [4.78, 5) is 0. The Balaban J connectivity index is 2.12. The van der Waals surface area contributed by atoms with Gasteiger partial charge in [-0.05, 0) is 17.2 Å². The SMILES string of the molecule is CC(C)(C)[Si]([CH][N]c1ccccc1)(c1ccccc1)c1ccccc1. The predicted molar refractivity (Wildman–Crippen MR) is 110 cm³/mol. The molecule has 0 N–H and O–H groups in total. The Bertz CT molecular complexity index is 737. The summed E-state index contributed by atoms with van der Waals surface area (Å²) >= 11 is 0. The van der Waals surface area contributed by atoms with Gasteiger partial charge in [0.25, 0.3) is 0 Å². The first-order chi connectivity index (χ1) is 12.0. The van der Waals surface area contributed by atoms with Crippen LogP contribution in [0.5, 0.6) is 0 Å². The largest absolute Gasteiger partial charge is 0.283 e. The first kappa shape index (κ1) is 17.5. The van der Waals surface area contributed by atoms with Crippen LogP contribution in [0.2, 0.25) is 5.04 Å². The van der Waals surface area contributed by atoms with Gasteiger partial charge in [0.15, 0.2) is 8.07 Å². The topological polar surface area (TPSA) is 14.1 Å². The van der Waals surface area contributed by atoms with Gasteiger partial charge >= 0.3 is 0 Å². The minimum absolute atomic E-state index is 0.0913. The van der Waals surface area contributed by atoms with Crippen molar-refractivity contribution >= 4 is 24.1 Å². The summed E-state index contributed by atoms with van der Waals surface area (Å²) in [6, 6.07) is 32.0. The molecule has 0 atom stereocenters. The van der Waals surface area contributed by atoms with E-state index in [0.29, 0.717) is 0 Å². The Hall–Kier alpha value is -2.32. The highest BCUT2D eigenvalue weighted by Crippen LogP contribution is 2.37. The van der Waals surface area contributed by atoms with Crippen molar-refractivity contribution in [2.45, 2.75) is 25.8 Å². The van der Waals surface area contributed by atoms with Crippen molar-refractivity contribution in [3.63, 3.8) is 0 Å². The van der Waals surface area contributed by atoms with Crippen LogP contribution in [0.25, 0.3) is 0 Å². The van der Waals surface area contributed by atoms with Gasteiger partial charge in [-0.15, -0.1) is 0 Å². The van der Waals surface area contributed by atoms with Gasteiger partial charge < -0.3 is 0 Å². The van der Waals surface area contributed by atoms with Gasteiger partial charge in [0.2, 0.25) is 0 Å². The molecular formula is C23H25NSi. The maximum Gasteiger partial charge on any atom is 0.151 e. The zero-order valence-electron chi connectivity index (χ0n) is 15.2. The summed E-state index contributed by atoms with van der Waals surface area (Å²) in [5.41, 5.74) is 1.01. The number of para-hydroxylation sites is 1. The predicted octanol–water partition coefficient (Wildman–Crippen LogP) is 4.69. The molecule has 3 aromatic carbocycles. The van der Waals surface area contributed by atoms with Gasteiger partial charge in [-0.2, -0.15) is 0 Å². The van der Waals surface area contributed by atoms with E-state index in [1.165, 1.54) is 10.4 Å². The Morgan fingerprint density at radius 1 is 0.640 bits per heavy atom. The molecule has 3 aromatic rings. The fourth-order valence-corrected chi connectivity index (χ4v) is 7.99. The second-order valence-electron chi connectivity index (χ2n) is 7.38. The maximum absolute atomic E-state index is 4.93. The molecule has 0 aromatic heterocycles. The second kappa shape index (κ2) is 7.28. The Labute approximate surface area is 152 Å². The number of nitrogens with zero attached hydrogens (tertiary/aromatic N) is 1. The van der Waals surface area contributed by atoms with Crippen LogP contribution >= 0.6 is 0 Å².